The molecule has 0 aliphatic heterocycles. The summed E-state index contributed by atoms with van der Waals surface area (Å²) in [5.41, 5.74) is 1.74. The molecule has 0 aliphatic carbocycles. The third-order valence-corrected chi connectivity index (χ3v) is 5.18. The highest BCUT2D eigenvalue weighted by Crippen LogP contribution is 2.24. The number of pyridine rings is 1. The van der Waals surface area contributed by atoms with Gasteiger partial charge >= 0.3 is 0 Å². The molecule has 2 rings (SSSR count). The van der Waals surface area contributed by atoms with Crippen LogP contribution >= 0.6 is 15.9 Å². The van der Waals surface area contributed by atoms with E-state index in [1.165, 1.54) is 10.5 Å². The highest BCUT2D eigenvalue weighted by molar-refractivity contribution is 9.10. The molecule has 6 heteroatoms. The maximum atomic E-state index is 12.7. The van der Waals surface area contributed by atoms with Gasteiger partial charge in [0.15, 0.2) is 0 Å². The Kier molecular flexibility index (Phi) is 4.45. The van der Waals surface area contributed by atoms with Gasteiger partial charge in [-0.1, -0.05) is 17.7 Å². The van der Waals surface area contributed by atoms with Crippen LogP contribution in [0.2, 0.25) is 0 Å². The lowest BCUT2D eigenvalue weighted by Gasteiger charge is -2.23. The Balaban J connectivity index is 2.47. The fourth-order valence-corrected chi connectivity index (χ4v) is 3.84. The molecule has 0 N–H and O–H groups in total. The van der Waals surface area contributed by atoms with E-state index in [1.807, 2.05) is 38.1 Å². The van der Waals surface area contributed by atoms with E-state index in [0.717, 1.165) is 5.56 Å². The van der Waals surface area contributed by atoms with Crippen LogP contribution < -0.4 is 4.31 Å². The van der Waals surface area contributed by atoms with Gasteiger partial charge in [-0.25, -0.2) is 8.42 Å². The van der Waals surface area contributed by atoms with Gasteiger partial charge in [-0.2, -0.15) is 0 Å². The Morgan fingerprint density at radius 1 is 1.20 bits per heavy atom. The fraction of sp³-hybridized carbons (Fsp3) is 0.214. The van der Waals surface area contributed by atoms with Crippen molar-refractivity contribution in [2.75, 3.05) is 10.8 Å². The molecule has 0 aliphatic rings. The number of aromatic nitrogens is 1. The van der Waals surface area contributed by atoms with E-state index in [-0.39, 0.29) is 4.90 Å². The molecule has 0 fully saturated rings. The second-order valence-electron chi connectivity index (χ2n) is 4.34. The van der Waals surface area contributed by atoms with Crippen molar-refractivity contribution in [2.24, 2.45) is 0 Å². The van der Waals surface area contributed by atoms with Gasteiger partial charge in [0.2, 0.25) is 0 Å². The van der Waals surface area contributed by atoms with E-state index >= 15 is 0 Å². The number of aryl methyl sites for hydroxylation is 1. The maximum absolute atomic E-state index is 12.7. The van der Waals surface area contributed by atoms with Gasteiger partial charge in [-0.3, -0.25) is 9.29 Å². The number of hydrogen-bond donors (Lipinski definition) is 0. The smallest absolute Gasteiger partial charge is 0.265 e. The van der Waals surface area contributed by atoms with Crippen LogP contribution in [0.25, 0.3) is 0 Å². The zero-order chi connectivity index (χ0) is 14.8. The number of rotatable bonds is 4. The molecule has 1 aromatic carbocycles. The average Bonchev–Trinajstić information content (AvgIpc) is 2.41. The van der Waals surface area contributed by atoms with Crippen molar-refractivity contribution in [3.8, 4) is 0 Å². The predicted molar refractivity (Wildman–Crippen MR) is 83.3 cm³/mol. The van der Waals surface area contributed by atoms with Gasteiger partial charge in [-0.05, 0) is 48.0 Å². The van der Waals surface area contributed by atoms with E-state index in [0.29, 0.717) is 16.7 Å². The summed E-state index contributed by atoms with van der Waals surface area (Å²) in [5, 5.41) is 0. The van der Waals surface area contributed by atoms with E-state index in [1.54, 1.807) is 12.3 Å². The standard InChI is InChI=1S/C14H15BrN2O2S/c1-3-17(13-6-4-11(2)5-7-13)20(18,19)14-8-12(15)9-16-10-14/h4-10H,3H2,1-2H3. The summed E-state index contributed by atoms with van der Waals surface area (Å²) in [6.07, 6.45) is 2.91. The van der Waals surface area contributed by atoms with E-state index in [4.69, 9.17) is 0 Å². The molecule has 0 spiro atoms. The molecule has 106 valence electrons. The summed E-state index contributed by atoms with van der Waals surface area (Å²) in [7, 11) is -3.60. The highest BCUT2D eigenvalue weighted by atomic mass is 79.9. The van der Waals surface area contributed by atoms with E-state index < -0.39 is 10.0 Å². The van der Waals surface area contributed by atoms with Crippen molar-refractivity contribution in [1.82, 2.24) is 4.98 Å². The van der Waals surface area contributed by atoms with Crippen LogP contribution in [0.1, 0.15) is 12.5 Å². The molecule has 1 aromatic heterocycles. The molecule has 2 aromatic rings. The van der Waals surface area contributed by atoms with E-state index in [9.17, 15) is 8.42 Å². The second kappa shape index (κ2) is 5.93. The van der Waals surface area contributed by atoms with Gasteiger partial charge in [0.05, 0.1) is 5.69 Å². The van der Waals surface area contributed by atoms with Crippen LogP contribution in [0.4, 0.5) is 5.69 Å². The van der Waals surface area contributed by atoms with Gasteiger partial charge in [-0.15, -0.1) is 0 Å². The first-order valence-electron chi connectivity index (χ1n) is 6.15. The maximum Gasteiger partial charge on any atom is 0.265 e. The third-order valence-electron chi connectivity index (χ3n) is 2.88. The Labute approximate surface area is 127 Å². The molecule has 0 unspecified atom stereocenters. The minimum atomic E-state index is -3.60. The quantitative estimate of drug-likeness (QED) is 0.845. The monoisotopic (exact) mass is 354 g/mol. The number of benzene rings is 1. The summed E-state index contributed by atoms with van der Waals surface area (Å²) >= 11 is 3.25. The van der Waals surface area contributed by atoms with Crippen molar-refractivity contribution in [3.05, 3.63) is 52.8 Å². The number of hydrogen-bond acceptors (Lipinski definition) is 3. The van der Waals surface area contributed by atoms with Gasteiger partial charge in [0, 0.05) is 23.4 Å². The van der Waals surface area contributed by atoms with Crippen LogP contribution in [0.3, 0.4) is 0 Å². The van der Waals surface area contributed by atoms with Crippen molar-refractivity contribution < 1.29 is 8.42 Å². The Morgan fingerprint density at radius 2 is 1.85 bits per heavy atom. The predicted octanol–water partition coefficient (Wildman–Crippen LogP) is 3.37. The fourth-order valence-electron chi connectivity index (χ4n) is 1.86. The molecule has 4 nitrogen and oxygen atoms in total. The largest absolute Gasteiger partial charge is 0.267 e. The topological polar surface area (TPSA) is 50.3 Å². The summed E-state index contributed by atoms with van der Waals surface area (Å²) in [6.45, 7) is 4.13. The summed E-state index contributed by atoms with van der Waals surface area (Å²) in [4.78, 5) is 4.10. The third kappa shape index (κ3) is 3.02. The number of nitrogens with zero attached hydrogens (tertiary/aromatic N) is 2. The van der Waals surface area contributed by atoms with Gasteiger partial charge in [0.25, 0.3) is 10.0 Å². The molecule has 0 saturated heterocycles. The Hall–Kier alpha value is -1.40. The van der Waals surface area contributed by atoms with Crippen molar-refractivity contribution in [1.29, 1.82) is 0 Å². The van der Waals surface area contributed by atoms with Crippen molar-refractivity contribution >= 4 is 31.6 Å². The number of halogens is 1. The van der Waals surface area contributed by atoms with Crippen LogP contribution in [0, 0.1) is 6.92 Å². The summed E-state index contributed by atoms with van der Waals surface area (Å²) in [5.74, 6) is 0. The normalized spacial score (nSPS) is 11.3. The second-order valence-corrected chi connectivity index (χ2v) is 7.12. The summed E-state index contributed by atoms with van der Waals surface area (Å²) < 4.78 is 27.3. The minimum absolute atomic E-state index is 0.175. The lowest BCUT2D eigenvalue weighted by atomic mass is 10.2. The highest BCUT2D eigenvalue weighted by Gasteiger charge is 2.24. The lowest BCUT2D eigenvalue weighted by Crippen LogP contribution is -2.30. The molecular formula is C14H15BrN2O2S. The molecular weight excluding hydrogens is 340 g/mol. The minimum Gasteiger partial charge on any atom is -0.267 e. The molecule has 20 heavy (non-hydrogen) atoms. The first-order chi connectivity index (χ1) is 9.45. The number of sulfonamides is 1. The molecule has 0 radical (unpaired) electrons. The average molecular weight is 355 g/mol. The lowest BCUT2D eigenvalue weighted by molar-refractivity contribution is 0.591. The molecule has 0 amide bonds. The zero-order valence-corrected chi connectivity index (χ0v) is 13.6. The molecule has 0 atom stereocenters. The Morgan fingerprint density at radius 3 is 2.40 bits per heavy atom. The van der Waals surface area contributed by atoms with Crippen LogP contribution in [-0.2, 0) is 10.0 Å². The van der Waals surface area contributed by atoms with Gasteiger partial charge in [0.1, 0.15) is 4.90 Å². The van der Waals surface area contributed by atoms with Crippen molar-refractivity contribution in [3.63, 3.8) is 0 Å². The zero-order valence-electron chi connectivity index (χ0n) is 11.2. The molecule has 1 heterocycles. The number of anilines is 1. The summed E-state index contributed by atoms with van der Waals surface area (Å²) in [6, 6.07) is 8.96. The Bertz CT molecular complexity index is 699. The van der Waals surface area contributed by atoms with Gasteiger partial charge < -0.3 is 0 Å². The first-order valence-corrected chi connectivity index (χ1v) is 8.38. The SMILES string of the molecule is CCN(c1ccc(C)cc1)S(=O)(=O)c1cncc(Br)c1. The molecule has 0 bridgehead atoms. The van der Waals surface area contributed by atoms with Crippen LogP contribution in [0.15, 0.2) is 52.1 Å². The first kappa shape index (κ1) is 15.0. The van der Waals surface area contributed by atoms with Crippen LogP contribution in [0.5, 0.6) is 0 Å². The van der Waals surface area contributed by atoms with E-state index in [2.05, 4.69) is 20.9 Å². The molecule has 0 saturated carbocycles. The van der Waals surface area contributed by atoms with Crippen LogP contribution in [-0.4, -0.2) is 19.9 Å². The van der Waals surface area contributed by atoms with Crippen molar-refractivity contribution in [2.45, 2.75) is 18.7 Å².